The highest BCUT2D eigenvalue weighted by Crippen LogP contribution is 2.62. The van der Waals surface area contributed by atoms with Crippen molar-refractivity contribution >= 4 is 7.85 Å². The molecule has 0 aromatic heterocycles. The van der Waals surface area contributed by atoms with Gasteiger partial charge in [0.1, 0.15) is 0 Å². The van der Waals surface area contributed by atoms with Crippen LogP contribution in [0.4, 0.5) is 0 Å². The molecule has 0 aliphatic heterocycles. The highest BCUT2D eigenvalue weighted by atomic mass is 16.3. The number of hydrogen-bond donors (Lipinski definition) is 1. The molecule has 3 fully saturated rings. The van der Waals surface area contributed by atoms with Crippen LogP contribution in [-0.4, -0.2) is 19.1 Å². The fourth-order valence-electron chi connectivity index (χ4n) is 5.44. The molecule has 3 aliphatic rings. The fourth-order valence-corrected chi connectivity index (χ4v) is 5.44. The van der Waals surface area contributed by atoms with E-state index in [1.807, 2.05) is 6.08 Å². The average Bonchev–Trinajstić information content (AvgIpc) is 2.75. The van der Waals surface area contributed by atoms with Gasteiger partial charge in [-0.05, 0) is 55.1 Å². The summed E-state index contributed by atoms with van der Waals surface area (Å²) in [5, 5.41) is 10.8. The van der Waals surface area contributed by atoms with Crippen LogP contribution in [0, 0.1) is 23.7 Å². The van der Waals surface area contributed by atoms with E-state index in [0.29, 0.717) is 17.8 Å². The van der Waals surface area contributed by atoms with Crippen molar-refractivity contribution in [2.24, 2.45) is 23.7 Å². The van der Waals surface area contributed by atoms with E-state index in [2.05, 4.69) is 32.6 Å². The van der Waals surface area contributed by atoms with Crippen LogP contribution in [0.2, 0.25) is 5.31 Å². The molecule has 0 aromatic carbocycles. The molecule has 0 heterocycles. The maximum absolute atomic E-state index is 10.8. The van der Waals surface area contributed by atoms with Crippen LogP contribution in [0.5, 0.6) is 0 Å². The molecule has 3 saturated carbocycles. The molecule has 2 radical (unpaired) electrons. The standard InChI is InChI=1S/C19H27BO/c1-4-6-13-12(5-2)7-8-15-14-9-10-19(3,20)16(14)11-17(21)18(13)15/h4-6,14-18,21H,1,7-11H2,2-3H3/b12-5-,13-6+/t14?,15?,16-,17-,18?,19?/m0/s1. The van der Waals surface area contributed by atoms with Crippen molar-refractivity contribution in [3.05, 3.63) is 36.0 Å². The van der Waals surface area contributed by atoms with Gasteiger partial charge in [-0.1, -0.05) is 49.9 Å². The Morgan fingerprint density at radius 1 is 1.33 bits per heavy atom. The van der Waals surface area contributed by atoms with E-state index in [9.17, 15) is 5.11 Å². The summed E-state index contributed by atoms with van der Waals surface area (Å²) < 4.78 is 0. The quantitative estimate of drug-likeness (QED) is 0.714. The molecule has 4 unspecified atom stereocenters. The van der Waals surface area contributed by atoms with Gasteiger partial charge in [-0.25, -0.2) is 0 Å². The predicted molar refractivity (Wildman–Crippen MR) is 89.2 cm³/mol. The lowest BCUT2D eigenvalue weighted by Gasteiger charge is -2.50. The molecule has 3 aliphatic carbocycles. The van der Waals surface area contributed by atoms with Crippen molar-refractivity contribution in [3.8, 4) is 0 Å². The van der Waals surface area contributed by atoms with Gasteiger partial charge in [-0.3, -0.25) is 0 Å². The Morgan fingerprint density at radius 3 is 2.76 bits per heavy atom. The summed E-state index contributed by atoms with van der Waals surface area (Å²) >= 11 is 0. The first-order valence-corrected chi connectivity index (χ1v) is 8.44. The van der Waals surface area contributed by atoms with Crippen LogP contribution in [0.3, 0.4) is 0 Å². The van der Waals surface area contributed by atoms with Gasteiger partial charge in [-0.15, -0.1) is 0 Å². The van der Waals surface area contributed by atoms with E-state index in [-0.39, 0.29) is 17.3 Å². The Bertz CT molecular complexity index is 488. The van der Waals surface area contributed by atoms with Crippen molar-refractivity contribution in [2.45, 2.75) is 57.4 Å². The molecule has 2 heteroatoms. The number of rotatable bonds is 1. The zero-order valence-corrected chi connectivity index (χ0v) is 13.4. The summed E-state index contributed by atoms with van der Waals surface area (Å²) in [6.45, 7) is 8.16. The second-order valence-electron chi connectivity index (χ2n) is 7.52. The fraction of sp³-hybridized carbons (Fsp3) is 0.684. The van der Waals surface area contributed by atoms with E-state index in [1.165, 1.54) is 24.0 Å². The monoisotopic (exact) mass is 282 g/mol. The largest absolute Gasteiger partial charge is 0.392 e. The molecule has 0 saturated heterocycles. The topological polar surface area (TPSA) is 20.2 Å². The lowest BCUT2D eigenvalue weighted by atomic mass is 9.52. The smallest absolute Gasteiger partial charge is 0.0746 e. The zero-order valence-electron chi connectivity index (χ0n) is 13.4. The van der Waals surface area contributed by atoms with Gasteiger partial charge < -0.3 is 5.11 Å². The van der Waals surface area contributed by atoms with Gasteiger partial charge in [0.15, 0.2) is 0 Å². The van der Waals surface area contributed by atoms with Crippen LogP contribution in [0.25, 0.3) is 0 Å². The van der Waals surface area contributed by atoms with Crippen LogP contribution >= 0.6 is 0 Å². The summed E-state index contributed by atoms with van der Waals surface area (Å²) in [6, 6.07) is 0. The molecular weight excluding hydrogens is 255 g/mol. The Morgan fingerprint density at radius 2 is 2.10 bits per heavy atom. The molecular formula is C19H27BO. The maximum atomic E-state index is 10.8. The summed E-state index contributed by atoms with van der Waals surface area (Å²) in [5.41, 5.74) is 2.74. The first-order chi connectivity index (χ1) is 9.99. The summed E-state index contributed by atoms with van der Waals surface area (Å²) in [5.74, 6) is 2.07. The van der Waals surface area contributed by atoms with E-state index >= 15 is 0 Å². The van der Waals surface area contributed by atoms with Gasteiger partial charge >= 0.3 is 0 Å². The Balaban J connectivity index is 1.96. The SMILES string of the molecule is [B]C1(C)CCC2C3CCC(=C/C)/C(=C\C=C)C3[C@@H](O)C[C@@H]21. The third-order valence-electron chi connectivity index (χ3n) is 6.42. The Kier molecular flexibility index (Phi) is 3.94. The molecule has 0 bridgehead atoms. The normalized spacial score (nSPS) is 50.0. The molecule has 0 spiro atoms. The minimum absolute atomic E-state index is 0.0835. The highest BCUT2D eigenvalue weighted by Gasteiger charge is 2.53. The van der Waals surface area contributed by atoms with Gasteiger partial charge in [0, 0.05) is 5.92 Å². The third kappa shape index (κ3) is 2.36. The van der Waals surface area contributed by atoms with E-state index in [0.717, 1.165) is 19.3 Å². The van der Waals surface area contributed by atoms with Crippen LogP contribution in [0.1, 0.15) is 46.0 Å². The van der Waals surface area contributed by atoms with Crippen molar-refractivity contribution < 1.29 is 5.11 Å². The molecule has 112 valence electrons. The van der Waals surface area contributed by atoms with Crippen molar-refractivity contribution in [3.63, 3.8) is 0 Å². The van der Waals surface area contributed by atoms with E-state index in [1.54, 1.807) is 0 Å². The zero-order chi connectivity index (χ0) is 15.2. The lowest BCUT2D eigenvalue weighted by Crippen LogP contribution is -2.46. The van der Waals surface area contributed by atoms with Crippen molar-refractivity contribution in [2.75, 3.05) is 0 Å². The number of aliphatic hydroxyl groups is 1. The molecule has 21 heavy (non-hydrogen) atoms. The molecule has 6 atom stereocenters. The minimum atomic E-state index is -0.251. The van der Waals surface area contributed by atoms with Gasteiger partial charge in [0.05, 0.1) is 14.0 Å². The first kappa shape index (κ1) is 15.2. The number of aliphatic hydroxyl groups excluding tert-OH is 1. The summed E-state index contributed by atoms with van der Waals surface area (Å²) in [7, 11) is 6.51. The number of hydrogen-bond acceptors (Lipinski definition) is 1. The van der Waals surface area contributed by atoms with Crippen molar-refractivity contribution in [1.82, 2.24) is 0 Å². The minimum Gasteiger partial charge on any atom is -0.392 e. The van der Waals surface area contributed by atoms with E-state index < -0.39 is 0 Å². The van der Waals surface area contributed by atoms with Gasteiger partial charge in [-0.2, -0.15) is 0 Å². The van der Waals surface area contributed by atoms with Crippen molar-refractivity contribution in [1.29, 1.82) is 0 Å². The second kappa shape index (κ2) is 5.46. The lowest BCUT2D eigenvalue weighted by molar-refractivity contribution is -0.0182. The van der Waals surface area contributed by atoms with Gasteiger partial charge in [0.2, 0.25) is 0 Å². The molecule has 1 nitrogen and oxygen atoms in total. The first-order valence-electron chi connectivity index (χ1n) is 8.44. The predicted octanol–water partition coefficient (Wildman–Crippen LogP) is 4.21. The van der Waals surface area contributed by atoms with Crippen LogP contribution in [-0.2, 0) is 0 Å². The summed E-state index contributed by atoms with van der Waals surface area (Å²) in [6.07, 6.45) is 11.5. The molecule has 1 N–H and O–H groups in total. The third-order valence-corrected chi connectivity index (χ3v) is 6.42. The second-order valence-corrected chi connectivity index (χ2v) is 7.52. The number of fused-ring (bicyclic) bond motifs is 3. The van der Waals surface area contributed by atoms with Crippen LogP contribution < -0.4 is 0 Å². The van der Waals surface area contributed by atoms with E-state index in [4.69, 9.17) is 7.85 Å². The Hall–Kier alpha value is -0.755. The molecule has 0 amide bonds. The molecule has 0 aromatic rings. The average molecular weight is 282 g/mol. The van der Waals surface area contributed by atoms with Gasteiger partial charge in [0.25, 0.3) is 0 Å². The Labute approximate surface area is 130 Å². The van der Waals surface area contributed by atoms with Crippen LogP contribution in [0.15, 0.2) is 36.0 Å². The molecule has 3 rings (SSSR count). The highest BCUT2D eigenvalue weighted by molar-refractivity contribution is 6.15. The summed E-state index contributed by atoms with van der Waals surface area (Å²) in [4.78, 5) is 0. The maximum Gasteiger partial charge on any atom is 0.0746 e. The number of allylic oxidation sites excluding steroid dienone is 4.